The molecule has 0 radical (unpaired) electrons. The summed E-state index contributed by atoms with van der Waals surface area (Å²) in [6.45, 7) is 6.90. The summed E-state index contributed by atoms with van der Waals surface area (Å²) in [5, 5.41) is 9.18. The van der Waals surface area contributed by atoms with E-state index in [-0.39, 0.29) is 11.9 Å². The van der Waals surface area contributed by atoms with Crippen molar-refractivity contribution < 1.29 is 4.79 Å². The first-order valence-corrected chi connectivity index (χ1v) is 12.8. The van der Waals surface area contributed by atoms with Crippen LogP contribution in [0.5, 0.6) is 0 Å². The zero-order valence-corrected chi connectivity index (χ0v) is 21.3. The van der Waals surface area contributed by atoms with E-state index in [4.69, 9.17) is 21.6 Å². The van der Waals surface area contributed by atoms with Gasteiger partial charge in [-0.25, -0.2) is 19.4 Å². The van der Waals surface area contributed by atoms with Crippen LogP contribution in [0.1, 0.15) is 38.4 Å². The van der Waals surface area contributed by atoms with Gasteiger partial charge in [0.15, 0.2) is 5.65 Å². The fourth-order valence-corrected chi connectivity index (χ4v) is 4.67. The Labute approximate surface area is 215 Å². The third kappa shape index (κ3) is 4.99. The summed E-state index contributed by atoms with van der Waals surface area (Å²) in [5.41, 5.74) is 2.51. The van der Waals surface area contributed by atoms with Gasteiger partial charge in [0.05, 0.1) is 17.3 Å². The highest BCUT2D eigenvalue weighted by Crippen LogP contribution is 2.29. The molecule has 2 aromatic carbocycles. The van der Waals surface area contributed by atoms with Crippen molar-refractivity contribution in [2.45, 2.75) is 32.6 Å². The number of fused-ring (bicyclic) bond motifs is 1. The maximum absolute atomic E-state index is 12.8. The van der Waals surface area contributed by atoms with Crippen LogP contribution in [0.3, 0.4) is 0 Å². The lowest BCUT2D eigenvalue weighted by molar-refractivity contribution is 0.208. The molecule has 3 heterocycles. The zero-order valence-electron chi connectivity index (χ0n) is 20.6. The van der Waals surface area contributed by atoms with Crippen LogP contribution in [0.15, 0.2) is 60.8 Å². The molecule has 186 valence electrons. The molecule has 2 amide bonds. The maximum atomic E-state index is 12.8. The normalized spacial score (nSPS) is 14.8. The first-order valence-electron chi connectivity index (χ1n) is 12.4. The summed E-state index contributed by atoms with van der Waals surface area (Å²) in [4.78, 5) is 26.9. The molecule has 0 saturated carbocycles. The van der Waals surface area contributed by atoms with Gasteiger partial charge < -0.3 is 15.1 Å². The number of hydrogen-bond acceptors (Lipinski definition) is 5. The van der Waals surface area contributed by atoms with E-state index in [9.17, 15) is 4.79 Å². The lowest BCUT2D eigenvalue weighted by Gasteiger charge is -2.35. The van der Waals surface area contributed by atoms with Crippen LogP contribution in [0, 0.1) is 0 Å². The second-order valence-electron chi connectivity index (χ2n) is 9.14. The molecule has 36 heavy (non-hydrogen) atoms. The minimum atomic E-state index is -0.112. The van der Waals surface area contributed by atoms with E-state index in [1.165, 1.54) is 0 Å². The summed E-state index contributed by atoms with van der Waals surface area (Å²) in [6.07, 6.45) is 3.94. The Hall–Kier alpha value is -3.65. The minimum Gasteiger partial charge on any atom is -0.352 e. The molecule has 0 bridgehead atoms. The average Bonchev–Trinajstić information content (AvgIpc) is 3.34. The minimum absolute atomic E-state index is 0.112. The van der Waals surface area contributed by atoms with Gasteiger partial charge in [-0.3, -0.25) is 0 Å². The number of piperazine rings is 1. The fraction of sp³-hybridized carbons (Fsp3) is 0.333. The van der Waals surface area contributed by atoms with Crippen LogP contribution in [-0.2, 0) is 0 Å². The van der Waals surface area contributed by atoms with Crippen LogP contribution in [-0.4, -0.2) is 56.9 Å². The van der Waals surface area contributed by atoms with E-state index >= 15 is 0 Å². The SMILES string of the molecule is CCC[C@H](C)c1nc(N2CCN(C(=O)Nc3ccc(Cl)cc3)CC2)c2cnn(-c3ccccc3)c2n1. The van der Waals surface area contributed by atoms with E-state index in [2.05, 4.69) is 29.2 Å². The molecule has 1 aliphatic rings. The van der Waals surface area contributed by atoms with E-state index in [1.54, 1.807) is 24.3 Å². The Morgan fingerprint density at radius 1 is 1.03 bits per heavy atom. The Bertz CT molecular complexity index is 1330. The number of halogens is 1. The molecule has 2 aromatic heterocycles. The summed E-state index contributed by atoms with van der Waals surface area (Å²) >= 11 is 5.95. The molecule has 9 heteroatoms. The smallest absolute Gasteiger partial charge is 0.321 e. The number of nitrogens with zero attached hydrogens (tertiary/aromatic N) is 6. The average molecular weight is 504 g/mol. The number of amides is 2. The molecule has 1 saturated heterocycles. The molecule has 4 aromatic rings. The second-order valence-corrected chi connectivity index (χ2v) is 9.57. The van der Waals surface area contributed by atoms with Crippen molar-refractivity contribution in [3.63, 3.8) is 0 Å². The number of hydrogen-bond donors (Lipinski definition) is 1. The molecule has 1 atom stereocenters. The monoisotopic (exact) mass is 503 g/mol. The second kappa shape index (κ2) is 10.5. The molecular formula is C27H30ClN7O. The highest BCUT2D eigenvalue weighted by molar-refractivity contribution is 6.30. The Kier molecular flexibility index (Phi) is 7.04. The third-order valence-corrected chi connectivity index (χ3v) is 6.80. The van der Waals surface area contributed by atoms with Crippen molar-refractivity contribution >= 4 is 40.2 Å². The van der Waals surface area contributed by atoms with Gasteiger partial charge in [0.1, 0.15) is 11.6 Å². The Morgan fingerprint density at radius 2 is 1.75 bits per heavy atom. The van der Waals surface area contributed by atoms with Gasteiger partial charge in [0, 0.05) is 42.8 Å². The lowest BCUT2D eigenvalue weighted by Crippen LogP contribution is -2.50. The Balaban J connectivity index is 1.39. The quantitative estimate of drug-likeness (QED) is 0.363. The van der Waals surface area contributed by atoms with Crippen molar-refractivity contribution in [1.29, 1.82) is 0 Å². The number of anilines is 2. The zero-order chi connectivity index (χ0) is 25.1. The summed E-state index contributed by atoms with van der Waals surface area (Å²) in [7, 11) is 0. The number of aromatic nitrogens is 4. The van der Waals surface area contributed by atoms with Gasteiger partial charge in [0.25, 0.3) is 0 Å². The van der Waals surface area contributed by atoms with Gasteiger partial charge in [-0.2, -0.15) is 5.10 Å². The number of urea groups is 1. The summed E-state index contributed by atoms with van der Waals surface area (Å²) < 4.78 is 1.89. The number of nitrogens with one attached hydrogen (secondary N) is 1. The van der Waals surface area contributed by atoms with Gasteiger partial charge in [-0.15, -0.1) is 0 Å². The number of benzene rings is 2. The molecular weight excluding hydrogens is 474 g/mol. The van der Waals surface area contributed by atoms with Gasteiger partial charge >= 0.3 is 6.03 Å². The van der Waals surface area contributed by atoms with Crippen LogP contribution in [0.2, 0.25) is 5.02 Å². The van der Waals surface area contributed by atoms with Crippen molar-refractivity contribution in [3.05, 3.63) is 71.6 Å². The molecule has 5 rings (SSSR count). The molecule has 1 N–H and O–H groups in total. The number of para-hydroxylation sites is 1. The molecule has 1 fully saturated rings. The van der Waals surface area contributed by atoms with Gasteiger partial charge in [-0.1, -0.05) is 50.1 Å². The fourth-order valence-electron chi connectivity index (χ4n) is 4.55. The standard InChI is InChI=1S/C27H30ClN7O/c1-3-7-19(2)24-31-25(23-18-29-35(26(23)32-24)22-8-5-4-6-9-22)33-14-16-34(17-15-33)27(36)30-21-12-10-20(28)11-13-21/h4-6,8-13,18-19H,3,7,14-17H2,1-2H3,(H,30,36)/t19-/m0/s1. The molecule has 0 spiro atoms. The topological polar surface area (TPSA) is 79.2 Å². The van der Waals surface area contributed by atoms with E-state index in [1.807, 2.05) is 46.1 Å². The predicted molar refractivity (Wildman–Crippen MR) is 144 cm³/mol. The molecule has 0 unspecified atom stereocenters. The summed E-state index contributed by atoms with van der Waals surface area (Å²) in [5.74, 6) is 1.96. The first-order chi connectivity index (χ1) is 17.5. The highest BCUT2D eigenvalue weighted by atomic mass is 35.5. The third-order valence-electron chi connectivity index (χ3n) is 6.55. The first kappa shape index (κ1) is 24.1. The molecule has 1 aliphatic heterocycles. The molecule has 0 aliphatic carbocycles. The van der Waals surface area contributed by atoms with Gasteiger partial charge in [0.2, 0.25) is 0 Å². The van der Waals surface area contributed by atoms with Crippen LogP contribution in [0.25, 0.3) is 16.7 Å². The Morgan fingerprint density at radius 3 is 2.44 bits per heavy atom. The van der Waals surface area contributed by atoms with Crippen molar-refractivity contribution in [1.82, 2.24) is 24.6 Å². The number of rotatable bonds is 6. The largest absolute Gasteiger partial charge is 0.352 e. The number of carbonyl (C=O) groups excluding carboxylic acids is 1. The highest BCUT2D eigenvalue weighted by Gasteiger charge is 2.26. The maximum Gasteiger partial charge on any atom is 0.321 e. The van der Waals surface area contributed by atoms with Crippen LogP contribution < -0.4 is 10.2 Å². The van der Waals surface area contributed by atoms with Gasteiger partial charge in [-0.05, 0) is 42.8 Å². The van der Waals surface area contributed by atoms with Crippen molar-refractivity contribution in [2.75, 3.05) is 36.4 Å². The predicted octanol–water partition coefficient (Wildman–Crippen LogP) is 5.73. The van der Waals surface area contributed by atoms with Crippen LogP contribution in [0.4, 0.5) is 16.3 Å². The number of carbonyl (C=O) groups is 1. The van der Waals surface area contributed by atoms with Crippen molar-refractivity contribution in [2.24, 2.45) is 0 Å². The molecule has 8 nitrogen and oxygen atoms in total. The lowest BCUT2D eigenvalue weighted by atomic mass is 10.1. The van der Waals surface area contributed by atoms with E-state index < -0.39 is 0 Å². The van der Waals surface area contributed by atoms with E-state index in [0.717, 1.165) is 46.9 Å². The van der Waals surface area contributed by atoms with Crippen LogP contribution >= 0.6 is 11.6 Å². The van der Waals surface area contributed by atoms with Crippen molar-refractivity contribution in [3.8, 4) is 5.69 Å². The van der Waals surface area contributed by atoms with E-state index in [0.29, 0.717) is 31.2 Å². The summed E-state index contributed by atoms with van der Waals surface area (Å²) in [6, 6.07) is 17.1.